The van der Waals surface area contributed by atoms with Crippen LogP contribution in [-0.4, -0.2) is 37.5 Å². The van der Waals surface area contributed by atoms with Gasteiger partial charge in [-0.1, -0.05) is 13.8 Å². The number of alkyl halides is 7. The second-order valence-corrected chi connectivity index (χ2v) is 6.61. The van der Waals surface area contributed by atoms with Gasteiger partial charge in [-0.3, -0.25) is 0 Å². The summed E-state index contributed by atoms with van der Waals surface area (Å²) < 4.78 is 105. The number of ether oxygens (including phenoxy) is 2. The van der Waals surface area contributed by atoms with Crippen LogP contribution in [0.15, 0.2) is 0 Å². The summed E-state index contributed by atoms with van der Waals surface area (Å²) in [6.07, 6.45) is -12.7. The molecule has 0 spiro atoms. The highest BCUT2D eigenvalue weighted by Crippen LogP contribution is 2.67. The zero-order valence-electron chi connectivity index (χ0n) is 12.9. The molecule has 2 aliphatic rings. The molecule has 2 rings (SSSR count). The Morgan fingerprint density at radius 1 is 1.00 bits per heavy atom. The number of rotatable bonds is 4. The van der Waals surface area contributed by atoms with Gasteiger partial charge in [0.2, 0.25) is 0 Å². The first-order valence-corrected chi connectivity index (χ1v) is 7.28. The summed E-state index contributed by atoms with van der Waals surface area (Å²) in [5.41, 5.74) is -8.44. The fourth-order valence-corrected chi connectivity index (χ4v) is 4.42. The number of hydrogen-bond donors (Lipinski definition) is 0. The predicted molar refractivity (Wildman–Crippen MR) is 66.2 cm³/mol. The predicted octanol–water partition coefficient (Wildman–Crippen LogP) is 4.49. The van der Waals surface area contributed by atoms with Crippen LogP contribution in [0.1, 0.15) is 26.7 Å². The summed E-state index contributed by atoms with van der Waals surface area (Å²) in [7, 11) is 0.883. The minimum absolute atomic E-state index is 0.00306. The van der Waals surface area contributed by atoms with Gasteiger partial charge in [-0.15, -0.1) is 0 Å². The smallest absolute Gasteiger partial charge is 0.359 e. The number of fused-ring (bicyclic) bond motifs is 2. The lowest BCUT2D eigenvalue weighted by Gasteiger charge is -2.50. The summed E-state index contributed by atoms with van der Waals surface area (Å²) in [5, 5.41) is 0. The molecule has 5 atom stereocenters. The standard InChI is InChI=1S/C14H19F7O2/c1-7-8(2)10-4-9(7)5-11(10,15)12(13(16,17)18,14(19,20)21)23-6-22-3/h7-10H,4-6H2,1-3H3. The van der Waals surface area contributed by atoms with Crippen molar-refractivity contribution in [2.45, 2.75) is 50.3 Å². The number of methoxy groups -OCH3 is 1. The van der Waals surface area contributed by atoms with Crippen molar-refractivity contribution in [1.82, 2.24) is 0 Å². The van der Waals surface area contributed by atoms with Crippen LogP contribution in [0.2, 0.25) is 0 Å². The van der Waals surface area contributed by atoms with Crippen LogP contribution in [0.4, 0.5) is 30.7 Å². The van der Waals surface area contributed by atoms with E-state index in [0.717, 1.165) is 7.11 Å². The van der Waals surface area contributed by atoms with E-state index < -0.39 is 54.6 Å². The Bertz CT molecular complexity index is 431. The van der Waals surface area contributed by atoms with Crippen molar-refractivity contribution in [3.05, 3.63) is 0 Å². The van der Waals surface area contributed by atoms with Gasteiger partial charge in [-0.2, -0.15) is 26.3 Å². The molecule has 23 heavy (non-hydrogen) atoms. The van der Waals surface area contributed by atoms with E-state index in [1.165, 1.54) is 6.92 Å². The van der Waals surface area contributed by atoms with Crippen molar-refractivity contribution >= 4 is 0 Å². The molecule has 0 radical (unpaired) electrons. The maximum Gasteiger partial charge on any atom is 0.429 e. The van der Waals surface area contributed by atoms with Crippen LogP contribution in [0, 0.1) is 23.7 Å². The normalized spacial score (nSPS) is 38.3. The van der Waals surface area contributed by atoms with E-state index in [1.54, 1.807) is 6.92 Å². The molecule has 2 saturated carbocycles. The van der Waals surface area contributed by atoms with Crippen LogP contribution in [0.3, 0.4) is 0 Å². The highest BCUT2D eigenvalue weighted by Gasteiger charge is 2.86. The van der Waals surface area contributed by atoms with Crippen molar-refractivity contribution in [1.29, 1.82) is 0 Å². The van der Waals surface area contributed by atoms with Crippen LogP contribution < -0.4 is 0 Å². The van der Waals surface area contributed by atoms with Gasteiger partial charge in [0.1, 0.15) is 6.79 Å². The molecule has 2 bridgehead atoms. The average molecular weight is 352 g/mol. The largest absolute Gasteiger partial charge is 0.429 e. The lowest BCUT2D eigenvalue weighted by atomic mass is 9.66. The molecule has 0 aromatic carbocycles. The molecule has 0 amide bonds. The molecule has 2 fully saturated rings. The first kappa shape index (κ1) is 18.8. The zero-order valence-corrected chi connectivity index (χ0v) is 12.9. The Balaban J connectivity index is 2.58. The number of halogens is 7. The molecule has 5 unspecified atom stereocenters. The molecule has 0 saturated heterocycles. The Hall–Kier alpha value is -0.570. The van der Waals surface area contributed by atoms with Crippen LogP contribution in [0.5, 0.6) is 0 Å². The Labute approximate surface area is 129 Å². The van der Waals surface area contributed by atoms with Gasteiger partial charge in [0, 0.05) is 7.11 Å². The molecule has 0 aliphatic heterocycles. The Morgan fingerprint density at radius 3 is 1.87 bits per heavy atom. The minimum atomic E-state index is -5.95. The third kappa shape index (κ3) is 2.37. The highest BCUT2D eigenvalue weighted by atomic mass is 19.4. The molecule has 2 aliphatic carbocycles. The van der Waals surface area contributed by atoms with E-state index in [-0.39, 0.29) is 12.3 Å². The monoisotopic (exact) mass is 352 g/mol. The fourth-order valence-electron chi connectivity index (χ4n) is 4.42. The van der Waals surface area contributed by atoms with E-state index >= 15 is 4.39 Å². The first-order chi connectivity index (χ1) is 10.3. The average Bonchev–Trinajstić information content (AvgIpc) is 2.85. The van der Waals surface area contributed by atoms with Gasteiger partial charge in [0.05, 0.1) is 0 Å². The SMILES string of the molecule is COCOC(C(F)(F)F)(C(F)(F)F)C1(F)CC2CC1C(C)C2C. The van der Waals surface area contributed by atoms with Crippen LogP contribution in [0.25, 0.3) is 0 Å². The van der Waals surface area contributed by atoms with Crippen molar-refractivity contribution < 1.29 is 40.2 Å². The zero-order chi connectivity index (χ0) is 17.8. The lowest BCUT2D eigenvalue weighted by molar-refractivity contribution is -0.431. The van der Waals surface area contributed by atoms with E-state index in [1.807, 2.05) is 0 Å². The van der Waals surface area contributed by atoms with Gasteiger partial charge in [0.25, 0.3) is 5.60 Å². The molecule has 0 aromatic heterocycles. The molecule has 136 valence electrons. The molecular weight excluding hydrogens is 333 g/mol. The van der Waals surface area contributed by atoms with Crippen LogP contribution >= 0.6 is 0 Å². The minimum Gasteiger partial charge on any atom is -0.359 e. The summed E-state index contributed by atoms with van der Waals surface area (Å²) in [6, 6.07) is 0. The number of hydrogen-bond acceptors (Lipinski definition) is 2. The second-order valence-electron chi connectivity index (χ2n) is 6.61. The summed E-state index contributed by atoms with van der Waals surface area (Å²) in [6.45, 7) is 1.93. The van der Waals surface area contributed by atoms with Crippen molar-refractivity contribution in [3.63, 3.8) is 0 Å². The fraction of sp³-hybridized carbons (Fsp3) is 1.00. The van der Waals surface area contributed by atoms with E-state index in [4.69, 9.17) is 0 Å². The maximum atomic E-state index is 15.4. The molecule has 9 heteroatoms. The maximum absolute atomic E-state index is 15.4. The van der Waals surface area contributed by atoms with Crippen molar-refractivity contribution in [2.75, 3.05) is 13.9 Å². The molecule has 0 aromatic rings. The third-order valence-electron chi connectivity index (χ3n) is 5.69. The van der Waals surface area contributed by atoms with Gasteiger partial charge in [-0.05, 0) is 36.5 Å². The van der Waals surface area contributed by atoms with Gasteiger partial charge in [-0.25, -0.2) is 4.39 Å². The first-order valence-electron chi connectivity index (χ1n) is 7.28. The van der Waals surface area contributed by atoms with Gasteiger partial charge in [0.15, 0.2) is 5.67 Å². The summed E-state index contributed by atoms with van der Waals surface area (Å²) in [5.74, 6) is -2.59. The van der Waals surface area contributed by atoms with E-state index in [0.29, 0.717) is 0 Å². The van der Waals surface area contributed by atoms with Crippen molar-refractivity contribution in [3.8, 4) is 0 Å². The van der Waals surface area contributed by atoms with E-state index in [2.05, 4.69) is 9.47 Å². The second kappa shape index (κ2) is 5.47. The topological polar surface area (TPSA) is 18.5 Å². The Kier molecular flexibility index (Phi) is 4.46. The summed E-state index contributed by atoms with van der Waals surface area (Å²) >= 11 is 0. The van der Waals surface area contributed by atoms with Gasteiger partial charge >= 0.3 is 12.4 Å². The third-order valence-corrected chi connectivity index (χ3v) is 5.69. The van der Waals surface area contributed by atoms with Crippen LogP contribution in [-0.2, 0) is 9.47 Å². The quantitative estimate of drug-likeness (QED) is 0.548. The highest BCUT2D eigenvalue weighted by molar-refractivity contribution is 5.21. The summed E-state index contributed by atoms with van der Waals surface area (Å²) in [4.78, 5) is 0. The molecule has 0 heterocycles. The van der Waals surface area contributed by atoms with Gasteiger partial charge < -0.3 is 9.47 Å². The molecular formula is C14H19F7O2. The van der Waals surface area contributed by atoms with Crippen molar-refractivity contribution in [2.24, 2.45) is 23.7 Å². The molecule has 2 nitrogen and oxygen atoms in total. The molecule has 0 N–H and O–H groups in total. The van der Waals surface area contributed by atoms with E-state index in [9.17, 15) is 26.3 Å². The Morgan fingerprint density at radius 2 is 1.52 bits per heavy atom. The lowest BCUT2D eigenvalue weighted by Crippen LogP contribution is -2.73.